The van der Waals surface area contributed by atoms with Gasteiger partial charge in [0.15, 0.2) is 0 Å². The van der Waals surface area contributed by atoms with Crippen molar-refractivity contribution in [3.8, 4) is 11.6 Å². The number of hydrogen-bond donors (Lipinski definition) is 1. The van der Waals surface area contributed by atoms with E-state index in [9.17, 15) is 4.39 Å². The summed E-state index contributed by atoms with van der Waals surface area (Å²) in [5, 5.41) is 2.80. The van der Waals surface area contributed by atoms with E-state index in [0.29, 0.717) is 17.6 Å². The predicted octanol–water partition coefficient (Wildman–Crippen LogP) is 2.45. The summed E-state index contributed by atoms with van der Waals surface area (Å²) in [6.07, 6.45) is 1.58. The fourth-order valence-electron chi connectivity index (χ4n) is 1.14. The largest absolute Gasteiger partial charge is 0.439 e. The summed E-state index contributed by atoms with van der Waals surface area (Å²) in [4.78, 5) is 8.02. The van der Waals surface area contributed by atoms with E-state index in [-0.39, 0.29) is 5.82 Å². The number of benzene rings is 1. The Hall–Kier alpha value is -2.17. The average molecular weight is 219 g/mol. The van der Waals surface area contributed by atoms with Crippen molar-refractivity contribution in [3.63, 3.8) is 0 Å². The van der Waals surface area contributed by atoms with Crippen molar-refractivity contribution in [1.29, 1.82) is 0 Å². The number of aromatic nitrogens is 2. The highest BCUT2D eigenvalue weighted by molar-refractivity contribution is 5.30. The molecule has 1 heterocycles. The summed E-state index contributed by atoms with van der Waals surface area (Å²) in [6, 6.07) is 7.36. The molecule has 16 heavy (non-hydrogen) atoms. The normalized spacial score (nSPS) is 9.88. The van der Waals surface area contributed by atoms with E-state index in [1.54, 1.807) is 19.3 Å². The van der Waals surface area contributed by atoms with Crippen molar-refractivity contribution in [2.45, 2.75) is 0 Å². The summed E-state index contributed by atoms with van der Waals surface area (Å²) >= 11 is 0. The van der Waals surface area contributed by atoms with Crippen molar-refractivity contribution in [3.05, 3.63) is 42.3 Å². The van der Waals surface area contributed by atoms with Crippen LogP contribution in [0.1, 0.15) is 0 Å². The molecule has 0 aliphatic carbocycles. The molecule has 0 spiro atoms. The van der Waals surface area contributed by atoms with Crippen LogP contribution in [0.2, 0.25) is 0 Å². The SMILES string of the molecule is CNc1nccc(Oc2ccc(F)cc2)n1. The zero-order valence-electron chi connectivity index (χ0n) is 8.64. The number of nitrogens with one attached hydrogen (secondary N) is 1. The first-order chi connectivity index (χ1) is 7.78. The van der Waals surface area contributed by atoms with Crippen molar-refractivity contribution < 1.29 is 9.13 Å². The van der Waals surface area contributed by atoms with Crippen molar-refractivity contribution in [2.75, 3.05) is 12.4 Å². The lowest BCUT2D eigenvalue weighted by atomic mass is 10.3. The van der Waals surface area contributed by atoms with Crippen molar-refractivity contribution >= 4 is 5.95 Å². The number of nitrogens with zero attached hydrogens (tertiary/aromatic N) is 2. The molecular weight excluding hydrogens is 209 g/mol. The highest BCUT2D eigenvalue weighted by Gasteiger charge is 2.00. The molecule has 2 rings (SSSR count). The first-order valence-corrected chi connectivity index (χ1v) is 4.72. The molecule has 0 saturated carbocycles. The Morgan fingerprint density at radius 2 is 1.94 bits per heavy atom. The van der Waals surface area contributed by atoms with Crippen LogP contribution in [0, 0.1) is 5.82 Å². The molecule has 0 aliphatic rings. The Bertz CT molecular complexity index is 473. The van der Waals surface area contributed by atoms with E-state index in [1.807, 2.05) is 0 Å². The van der Waals surface area contributed by atoms with Crippen LogP contribution in [0.4, 0.5) is 10.3 Å². The molecule has 1 aromatic heterocycles. The summed E-state index contributed by atoms with van der Waals surface area (Å²) in [6.45, 7) is 0. The molecule has 0 saturated heterocycles. The molecule has 0 fully saturated rings. The van der Waals surface area contributed by atoms with E-state index in [0.717, 1.165) is 0 Å². The molecule has 2 aromatic rings. The maximum Gasteiger partial charge on any atom is 0.225 e. The summed E-state index contributed by atoms with van der Waals surface area (Å²) in [7, 11) is 1.72. The molecule has 4 nitrogen and oxygen atoms in total. The number of halogens is 1. The third-order valence-corrected chi connectivity index (χ3v) is 1.89. The molecule has 0 aliphatic heterocycles. The van der Waals surface area contributed by atoms with E-state index in [2.05, 4.69) is 15.3 Å². The first-order valence-electron chi connectivity index (χ1n) is 4.72. The maximum absolute atomic E-state index is 12.7. The monoisotopic (exact) mass is 219 g/mol. The Kier molecular flexibility index (Phi) is 2.95. The number of hydrogen-bond acceptors (Lipinski definition) is 4. The lowest BCUT2D eigenvalue weighted by Crippen LogP contribution is -1.97. The van der Waals surface area contributed by atoms with Gasteiger partial charge in [0, 0.05) is 19.3 Å². The topological polar surface area (TPSA) is 47.0 Å². The van der Waals surface area contributed by atoms with Crippen LogP contribution >= 0.6 is 0 Å². The van der Waals surface area contributed by atoms with Gasteiger partial charge in [0.05, 0.1) is 0 Å². The van der Waals surface area contributed by atoms with Crippen LogP contribution in [-0.2, 0) is 0 Å². The summed E-state index contributed by atoms with van der Waals surface area (Å²) in [5.74, 6) is 1.11. The minimum absolute atomic E-state index is 0.300. The standard InChI is InChI=1S/C11H10FN3O/c1-13-11-14-7-6-10(15-11)16-9-4-2-8(12)3-5-9/h2-7H,1H3,(H,13,14,15). The second-order valence-electron chi connectivity index (χ2n) is 3.02. The average Bonchev–Trinajstić information content (AvgIpc) is 2.32. The minimum atomic E-state index is -0.300. The molecule has 0 bridgehead atoms. The smallest absolute Gasteiger partial charge is 0.225 e. The van der Waals surface area contributed by atoms with Crippen molar-refractivity contribution in [2.24, 2.45) is 0 Å². The van der Waals surface area contributed by atoms with Gasteiger partial charge in [-0.3, -0.25) is 0 Å². The highest BCUT2D eigenvalue weighted by atomic mass is 19.1. The Morgan fingerprint density at radius 1 is 1.19 bits per heavy atom. The van der Waals surface area contributed by atoms with Gasteiger partial charge in [-0.05, 0) is 24.3 Å². The van der Waals surface area contributed by atoms with Crippen LogP contribution in [-0.4, -0.2) is 17.0 Å². The third kappa shape index (κ3) is 2.44. The van der Waals surface area contributed by atoms with Crippen LogP contribution in [0.3, 0.4) is 0 Å². The van der Waals surface area contributed by atoms with E-state index in [1.165, 1.54) is 24.3 Å². The van der Waals surface area contributed by atoms with Crippen LogP contribution in [0.15, 0.2) is 36.5 Å². The van der Waals surface area contributed by atoms with Gasteiger partial charge < -0.3 is 10.1 Å². The molecule has 82 valence electrons. The molecular formula is C11H10FN3O. The quantitative estimate of drug-likeness (QED) is 0.861. The molecule has 0 amide bonds. The third-order valence-electron chi connectivity index (χ3n) is 1.89. The molecule has 0 unspecified atom stereocenters. The zero-order chi connectivity index (χ0) is 11.4. The predicted molar refractivity (Wildman–Crippen MR) is 58.1 cm³/mol. The van der Waals surface area contributed by atoms with E-state index in [4.69, 9.17) is 4.74 Å². The second kappa shape index (κ2) is 4.57. The lowest BCUT2D eigenvalue weighted by molar-refractivity contribution is 0.460. The minimum Gasteiger partial charge on any atom is -0.439 e. The summed E-state index contributed by atoms with van der Waals surface area (Å²) in [5.41, 5.74) is 0. The molecule has 1 aromatic carbocycles. The van der Waals surface area contributed by atoms with Gasteiger partial charge in [0.2, 0.25) is 11.8 Å². The van der Waals surface area contributed by atoms with E-state index < -0.39 is 0 Å². The fraction of sp³-hybridized carbons (Fsp3) is 0.0909. The number of anilines is 1. The van der Waals surface area contributed by atoms with E-state index >= 15 is 0 Å². The van der Waals surface area contributed by atoms with Gasteiger partial charge in [0.1, 0.15) is 11.6 Å². The Labute approximate surface area is 92.1 Å². The maximum atomic E-state index is 12.7. The van der Waals surface area contributed by atoms with Crippen LogP contribution < -0.4 is 10.1 Å². The summed E-state index contributed by atoms with van der Waals surface area (Å²) < 4.78 is 18.1. The van der Waals surface area contributed by atoms with Crippen LogP contribution in [0.5, 0.6) is 11.6 Å². The molecule has 0 radical (unpaired) electrons. The van der Waals surface area contributed by atoms with Gasteiger partial charge >= 0.3 is 0 Å². The highest BCUT2D eigenvalue weighted by Crippen LogP contribution is 2.19. The molecule has 0 atom stereocenters. The number of ether oxygens (including phenoxy) is 1. The van der Waals surface area contributed by atoms with Gasteiger partial charge in [0.25, 0.3) is 0 Å². The second-order valence-corrected chi connectivity index (χ2v) is 3.02. The van der Waals surface area contributed by atoms with Crippen LogP contribution in [0.25, 0.3) is 0 Å². The Morgan fingerprint density at radius 3 is 2.62 bits per heavy atom. The van der Waals surface area contributed by atoms with Gasteiger partial charge in [-0.2, -0.15) is 4.98 Å². The Balaban J connectivity index is 2.16. The first kappa shape index (κ1) is 10.4. The van der Waals surface area contributed by atoms with Gasteiger partial charge in [-0.15, -0.1) is 0 Å². The zero-order valence-corrected chi connectivity index (χ0v) is 8.64. The molecule has 5 heteroatoms. The van der Waals surface area contributed by atoms with Gasteiger partial charge in [-0.25, -0.2) is 9.37 Å². The van der Waals surface area contributed by atoms with Gasteiger partial charge in [-0.1, -0.05) is 0 Å². The number of rotatable bonds is 3. The fourth-order valence-corrected chi connectivity index (χ4v) is 1.14. The molecule has 1 N–H and O–H groups in total. The van der Waals surface area contributed by atoms with Crippen molar-refractivity contribution in [1.82, 2.24) is 9.97 Å². The lowest BCUT2D eigenvalue weighted by Gasteiger charge is -2.05.